The van der Waals surface area contributed by atoms with Crippen molar-refractivity contribution in [2.45, 2.75) is 39.2 Å². The van der Waals surface area contributed by atoms with Gasteiger partial charge in [-0.3, -0.25) is 0 Å². The molecule has 1 aromatic rings. The normalized spacial score (nSPS) is 24.3. The predicted octanol–water partition coefficient (Wildman–Crippen LogP) is 3.77. The summed E-state index contributed by atoms with van der Waals surface area (Å²) < 4.78 is 1.24. The van der Waals surface area contributed by atoms with Crippen molar-refractivity contribution in [1.82, 2.24) is 10.6 Å². The standard InChI is InChI=1S/C14H23BrN2S/c1-2-5-14(6-3-7-16-10-14)11-17-9-13-12(15)4-8-18-13/h4,8,16-17H,2-3,5-7,9-11H2,1H3. The van der Waals surface area contributed by atoms with Gasteiger partial charge in [-0.05, 0) is 58.6 Å². The second-order valence-electron chi connectivity index (χ2n) is 5.33. The lowest BCUT2D eigenvalue weighted by Crippen LogP contribution is -2.46. The lowest BCUT2D eigenvalue weighted by atomic mass is 9.77. The lowest BCUT2D eigenvalue weighted by molar-refractivity contribution is 0.182. The van der Waals surface area contributed by atoms with Gasteiger partial charge < -0.3 is 10.6 Å². The number of nitrogens with one attached hydrogen (secondary N) is 2. The van der Waals surface area contributed by atoms with E-state index in [9.17, 15) is 0 Å². The molecule has 2 heterocycles. The smallest absolute Gasteiger partial charge is 0.0327 e. The quantitative estimate of drug-likeness (QED) is 0.829. The SMILES string of the molecule is CCCC1(CNCc2sccc2Br)CCCNC1. The predicted molar refractivity (Wildman–Crippen MR) is 83.2 cm³/mol. The van der Waals surface area contributed by atoms with Crippen molar-refractivity contribution in [3.8, 4) is 0 Å². The highest BCUT2D eigenvalue weighted by molar-refractivity contribution is 9.10. The van der Waals surface area contributed by atoms with Crippen molar-refractivity contribution in [2.75, 3.05) is 19.6 Å². The average Bonchev–Trinajstić information content (AvgIpc) is 2.77. The van der Waals surface area contributed by atoms with Gasteiger partial charge in [0.15, 0.2) is 0 Å². The van der Waals surface area contributed by atoms with E-state index in [4.69, 9.17) is 0 Å². The zero-order chi connectivity index (χ0) is 12.8. The van der Waals surface area contributed by atoms with Gasteiger partial charge in [-0.25, -0.2) is 0 Å². The van der Waals surface area contributed by atoms with Crippen LogP contribution in [0.15, 0.2) is 15.9 Å². The van der Waals surface area contributed by atoms with Crippen LogP contribution in [0.25, 0.3) is 0 Å². The van der Waals surface area contributed by atoms with Crippen molar-refractivity contribution >= 4 is 27.3 Å². The molecule has 1 aliphatic heterocycles. The number of rotatable bonds is 6. The Morgan fingerprint density at radius 1 is 1.56 bits per heavy atom. The van der Waals surface area contributed by atoms with Gasteiger partial charge in [0, 0.05) is 29.0 Å². The van der Waals surface area contributed by atoms with E-state index in [1.165, 1.54) is 48.1 Å². The number of halogens is 1. The minimum atomic E-state index is 0.483. The van der Waals surface area contributed by atoms with Gasteiger partial charge in [-0.15, -0.1) is 11.3 Å². The molecule has 2 N–H and O–H groups in total. The number of hydrogen-bond donors (Lipinski definition) is 2. The minimum absolute atomic E-state index is 0.483. The molecule has 0 aromatic carbocycles. The molecular weight excluding hydrogens is 308 g/mol. The summed E-state index contributed by atoms with van der Waals surface area (Å²) in [5.74, 6) is 0. The van der Waals surface area contributed by atoms with Gasteiger partial charge in [-0.1, -0.05) is 13.3 Å². The molecule has 1 unspecified atom stereocenters. The topological polar surface area (TPSA) is 24.1 Å². The Morgan fingerprint density at radius 2 is 2.44 bits per heavy atom. The van der Waals surface area contributed by atoms with Crippen molar-refractivity contribution in [3.05, 3.63) is 20.8 Å². The summed E-state index contributed by atoms with van der Waals surface area (Å²) in [5.41, 5.74) is 0.483. The van der Waals surface area contributed by atoms with Crippen LogP contribution in [0.5, 0.6) is 0 Å². The second kappa shape index (κ2) is 7.04. The lowest BCUT2D eigenvalue weighted by Gasteiger charge is -2.38. The number of hydrogen-bond acceptors (Lipinski definition) is 3. The molecule has 2 nitrogen and oxygen atoms in total. The third-order valence-corrected chi connectivity index (χ3v) is 5.74. The molecule has 18 heavy (non-hydrogen) atoms. The molecule has 1 saturated heterocycles. The van der Waals surface area contributed by atoms with Crippen LogP contribution in [0.4, 0.5) is 0 Å². The molecule has 1 fully saturated rings. The van der Waals surface area contributed by atoms with E-state index in [0.717, 1.165) is 13.1 Å². The Balaban J connectivity index is 1.84. The molecule has 0 bridgehead atoms. The van der Waals surface area contributed by atoms with E-state index in [1.807, 2.05) is 11.3 Å². The Labute approximate surface area is 123 Å². The fourth-order valence-corrected chi connectivity index (χ4v) is 4.37. The average molecular weight is 331 g/mol. The summed E-state index contributed by atoms with van der Waals surface area (Å²) in [4.78, 5) is 1.41. The van der Waals surface area contributed by atoms with E-state index in [2.05, 4.69) is 44.9 Å². The molecule has 1 aliphatic rings. The van der Waals surface area contributed by atoms with Crippen LogP contribution in [0, 0.1) is 5.41 Å². The Morgan fingerprint density at radius 3 is 3.06 bits per heavy atom. The molecule has 0 radical (unpaired) electrons. The summed E-state index contributed by atoms with van der Waals surface area (Å²) in [6, 6.07) is 2.13. The fraction of sp³-hybridized carbons (Fsp3) is 0.714. The van der Waals surface area contributed by atoms with E-state index in [-0.39, 0.29) is 0 Å². The van der Waals surface area contributed by atoms with Gasteiger partial charge in [-0.2, -0.15) is 0 Å². The van der Waals surface area contributed by atoms with E-state index < -0.39 is 0 Å². The maximum absolute atomic E-state index is 3.66. The second-order valence-corrected chi connectivity index (χ2v) is 7.18. The maximum atomic E-state index is 3.66. The van der Waals surface area contributed by atoms with Crippen LogP contribution >= 0.6 is 27.3 Å². The third kappa shape index (κ3) is 3.80. The first kappa shape index (κ1) is 14.5. The molecular formula is C14H23BrN2S. The van der Waals surface area contributed by atoms with Crippen LogP contribution in [-0.4, -0.2) is 19.6 Å². The fourth-order valence-electron chi connectivity index (χ4n) is 2.91. The zero-order valence-electron chi connectivity index (χ0n) is 11.1. The van der Waals surface area contributed by atoms with Gasteiger partial charge in [0.1, 0.15) is 0 Å². The summed E-state index contributed by atoms with van der Waals surface area (Å²) in [7, 11) is 0. The minimum Gasteiger partial charge on any atom is -0.316 e. The first-order chi connectivity index (χ1) is 8.76. The molecule has 0 spiro atoms. The van der Waals surface area contributed by atoms with E-state index in [0.29, 0.717) is 5.41 Å². The first-order valence-corrected chi connectivity index (χ1v) is 8.56. The van der Waals surface area contributed by atoms with Crippen LogP contribution in [0.2, 0.25) is 0 Å². The Hall–Kier alpha value is 0.1000. The Kier molecular flexibility index (Phi) is 5.67. The van der Waals surface area contributed by atoms with Gasteiger partial charge in [0.2, 0.25) is 0 Å². The molecule has 4 heteroatoms. The molecule has 0 saturated carbocycles. The van der Waals surface area contributed by atoms with Crippen molar-refractivity contribution in [2.24, 2.45) is 5.41 Å². The summed E-state index contributed by atoms with van der Waals surface area (Å²) in [6.07, 6.45) is 5.31. The highest BCUT2D eigenvalue weighted by Gasteiger charge is 2.30. The number of piperidine rings is 1. The molecule has 1 aromatic heterocycles. The summed E-state index contributed by atoms with van der Waals surface area (Å²) in [5, 5.41) is 9.38. The molecule has 1 atom stereocenters. The maximum Gasteiger partial charge on any atom is 0.0327 e. The monoisotopic (exact) mass is 330 g/mol. The highest BCUT2D eigenvalue weighted by atomic mass is 79.9. The van der Waals surface area contributed by atoms with Crippen LogP contribution in [0.1, 0.15) is 37.5 Å². The van der Waals surface area contributed by atoms with E-state index in [1.54, 1.807) is 0 Å². The van der Waals surface area contributed by atoms with Crippen molar-refractivity contribution in [3.63, 3.8) is 0 Å². The van der Waals surface area contributed by atoms with Crippen LogP contribution < -0.4 is 10.6 Å². The van der Waals surface area contributed by atoms with Crippen LogP contribution in [-0.2, 0) is 6.54 Å². The first-order valence-electron chi connectivity index (χ1n) is 6.89. The molecule has 0 aliphatic carbocycles. The third-order valence-electron chi connectivity index (χ3n) is 3.82. The molecule has 102 valence electrons. The number of thiophene rings is 1. The summed E-state index contributed by atoms with van der Waals surface area (Å²) >= 11 is 5.42. The summed E-state index contributed by atoms with van der Waals surface area (Å²) in [6.45, 7) is 6.80. The van der Waals surface area contributed by atoms with E-state index >= 15 is 0 Å². The largest absolute Gasteiger partial charge is 0.316 e. The van der Waals surface area contributed by atoms with Crippen molar-refractivity contribution < 1.29 is 0 Å². The van der Waals surface area contributed by atoms with Gasteiger partial charge in [0.05, 0.1) is 0 Å². The highest BCUT2D eigenvalue weighted by Crippen LogP contribution is 2.31. The van der Waals surface area contributed by atoms with Crippen molar-refractivity contribution in [1.29, 1.82) is 0 Å². The molecule has 2 rings (SSSR count). The van der Waals surface area contributed by atoms with Crippen LogP contribution in [0.3, 0.4) is 0 Å². The zero-order valence-corrected chi connectivity index (χ0v) is 13.5. The van der Waals surface area contributed by atoms with Gasteiger partial charge in [0.25, 0.3) is 0 Å². The van der Waals surface area contributed by atoms with Gasteiger partial charge >= 0.3 is 0 Å². The molecule has 0 amide bonds. The Bertz CT molecular complexity index is 353.